The van der Waals surface area contributed by atoms with Crippen LogP contribution in [0.25, 0.3) is 0 Å². The molecule has 0 spiro atoms. The largest absolute Gasteiger partial charge is 0.481 e. The Balaban J connectivity index is 1.93. The van der Waals surface area contributed by atoms with Crippen LogP contribution in [0.4, 0.5) is 5.13 Å². The highest BCUT2D eigenvalue weighted by Crippen LogP contribution is 2.17. The number of carboxylic acid groups (broad SMARTS) is 1. The smallest absolute Gasteiger partial charge is 0.309 e. The van der Waals surface area contributed by atoms with E-state index in [1.807, 2.05) is 6.92 Å². The molecule has 6 nitrogen and oxygen atoms in total. The summed E-state index contributed by atoms with van der Waals surface area (Å²) in [6.45, 7) is 2.57. The monoisotopic (exact) mass is 252 g/mol. The molecule has 0 aliphatic rings. The zero-order valence-corrected chi connectivity index (χ0v) is 10.0. The van der Waals surface area contributed by atoms with Crippen molar-refractivity contribution < 1.29 is 9.90 Å². The molecular weight excluding hydrogens is 240 g/mol. The molecule has 17 heavy (non-hydrogen) atoms. The van der Waals surface area contributed by atoms with E-state index in [0.29, 0.717) is 12.2 Å². The zero-order valence-electron chi connectivity index (χ0n) is 9.23. The number of H-pyrrole nitrogens is 1. The molecule has 90 valence electrons. The van der Waals surface area contributed by atoms with Gasteiger partial charge in [0.2, 0.25) is 0 Å². The van der Waals surface area contributed by atoms with Crippen LogP contribution in [0.2, 0.25) is 0 Å². The van der Waals surface area contributed by atoms with Crippen LogP contribution in [0.3, 0.4) is 0 Å². The molecule has 0 aliphatic carbocycles. The van der Waals surface area contributed by atoms with Crippen molar-refractivity contribution in [1.29, 1.82) is 0 Å². The summed E-state index contributed by atoms with van der Waals surface area (Å²) < 4.78 is 0. The Bertz CT molecular complexity index is 520. The normalized spacial score (nSPS) is 10.4. The number of thiazole rings is 1. The van der Waals surface area contributed by atoms with Crippen LogP contribution in [0.5, 0.6) is 0 Å². The Morgan fingerprint density at radius 2 is 2.47 bits per heavy atom. The molecule has 0 fully saturated rings. The Labute approximate surface area is 102 Å². The van der Waals surface area contributed by atoms with Crippen molar-refractivity contribution in [3.8, 4) is 0 Å². The molecule has 2 rings (SSSR count). The summed E-state index contributed by atoms with van der Waals surface area (Å²) >= 11 is 1.40. The van der Waals surface area contributed by atoms with Gasteiger partial charge in [0, 0.05) is 23.2 Å². The van der Waals surface area contributed by atoms with Crippen LogP contribution in [0.15, 0.2) is 11.6 Å². The van der Waals surface area contributed by atoms with Crippen molar-refractivity contribution in [1.82, 2.24) is 15.2 Å². The van der Waals surface area contributed by atoms with Gasteiger partial charge in [-0.05, 0) is 6.92 Å². The SMILES string of the molecule is Cc1[nH]ncc1CNc1nc(CC(=O)O)cs1. The molecule has 2 heterocycles. The number of hydrogen-bond acceptors (Lipinski definition) is 5. The Morgan fingerprint density at radius 1 is 1.65 bits per heavy atom. The molecule has 2 aromatic rings. The summed E-state index contributed by atoms with van der Waals surface area (Å²) in [5, 5.41) is 21.0. The highest BCUT2D eigenvalue weighted by Gasteiger charge is 2.06. The number of nitrogens with one attached hydrogen (secondary N) is 2. The number of hydrogen-bond donors (Lipinski definition) is 3. The van der Waals surface area contributed by atoms with E-state index >= 15 is 0 Å². The zero-order chi connectivity index (χ0) is 12.3. The van der Waals surface area contributed by atoms with E-state index in [1.54, 1.807) is 11.6 Å². The second-order valence-electron chi connectivity index (χ2n) is 3.59. The van der Waals surface area contributed by atoms with E-state index in [2.05, 4.69) is 20.5 Å². The van der Waals surface area contributed by atoms with E-state index in [0.717, 1.165) is 16.4 Å². The fourth-order valence-corrected chi connectivity index (χ4v) is 2.06. The average Bonchev–Trinajstić information content (AvgIpc) is 2.84. The average molecular weight is 252 g/mol. The third kappa shape index (κ3) is 3.04. The molecule has 0 atom stereocenters. The first kappa shape index (κ1) is 11.6. The van der Waals surface area contributed by atoms with Gasteiger partial charge in [-0.15, -0.1) is 11.3 Å². The molecule has 7 heteroatoms. The maximum atomic E-state index is 10.5. The van der Waals surface area contributed by atoms with Crippen LogP contribution < -0.4 is 5.32 Å². The molecular formula is C10H12N4O2S. The second-order valence-corrected chi connectivity index (χ2v) is 4.45. The number of nitrogens with zero attached hydrogens (tertiary/aromatic N) is 2. The summed E-state index contributed by atoms with van der Waals surface area (Å²) in [7, 11) is 0. The third-order valence-electron chi connectivity index (χ3n) is 2.25. The summed E-state index contributed by atoms with van der Waals surface area (Å²) in [6.07, 6.45) is 1.72. The first-order chi connectivity index (χ1) is 8.15. The summed E-state index contributed by atoms with van der Waals surface area (Å²) in [5.41, 5.74) is 2.66. The Kier molecular flexibility index (Phi) is 3.38. The minimum absolute atomic E-state index is 0.0388. The molecule has 0 saturated heterocycles. The maximum Gasteiger partial charge on any atom is 0.309 e. The fraction of sp³-hybridized carbons (Fsp3) is 0.300. The van der Waals surface area contributed by atoms with Gasteiger partial charge in [-0.1, -0.05) is 0 Å². The number of carbonyl (C=O) groups is 1. The van der Waals surface area contributed by atoms with Gasteiger partial charge >= 0.3 is 5.97 Å². The second kappa shape index (κ2) is 4.96. The molecule has 0 unspecified atom stereocenters. The summed E-state index contributed by atoms with van der Waals surface area (Å²) in [6, 6.07) is 0. The van der Waals surface area contributed by atoms with Gasteiger partial charge in [-0.25, -0.2) is 4.98 Å². The van der Waals surface area contributed by atoms with Gasteiger partial charge in [-0.2, -0.15) is 5.10 Å². The quantitative estimate of drug-likeness (QED) is 0.748. The minimum Gasteiger partial charge on any atom is -0.481 e. The summed E-state index contributed by atoms with van der Waals surface area (Å²) in [5.74, 6) is -0.868. The third-order valence-corrected chi connectivity index (χ3v) is 3.10. The Hall–Kier alpha value is -1.89. The van der Waals surface area contributed by atoms with Gasteiger partial charge < -0.3 is 10.4 Å². The lowest BCUT2D eigenvalue weighted by atomic mass is 10.3. The summed E-state index contributed by atoms with van der Waals surface area (Å²) in [4.78, 5) is 14.7. The standard InChI is InChI=1S/C10H12N4O2S/c1-6-7(4-12-14-6)3-11-10-13-8(5-17-10)2-9(15)16/h4-5H,2-3H2,1H3,(H,11,13)(H,12,14)(H,15,16). The lowest BCUT2D eigenvalue weighted by Gasteiger charge is -2.00. The molecule has 0 saturated carbocycles. The number of carboxylic acids is 1. The molecule has 0 radical (unpaired) electrons. The predicted molar refractivity (Wildman–Crippen MR) is 64.1 cm³/mol. The van der Waals surface area contributed by atoms with Gasteiger partial charge in [0.05, 0.1) is 18.3 Å². The van der Waals surface area contributed by atoms with Crippen LogP contribution in [-0.4, -0.2) is 26.3 Å². The Morgan fingerprint density at radius 3 is 3.12 bits per heavy atom. The van der Waals surface area contributed by atoms with Crippen molar-refractivity contribution in [2.45, 2.75) is 19.9 Å². The van der Waals surface area contributed by atoms with Gasteiger partial charge in [0.15, 0.2) is 5.13 Å². The minimum atomic E-state index is -0.868. The van der Waals surface area contributed by atoms with Gasteiger partial charge in [-0.3, -0.25) is 9.89 Å². The first-order valence-electron chi connectivity index (χ1n) is 5.04. The molecule has 0 amide bonds. The fourth-order valence-electron chi connectivity index (χ4n) is 1.35. The molecule has 3 N–H and O–H groups in total. The van der Waals surface area contributed by atoms with E-state index in [1.165, 1.54) is 11.3 Å². The molecule has 0 bridgehead atoms. The van der Waals surface area contributed by atoms with Gasteiger partial charge in [0.25, 0.3) is 0 Å². The van der Waals surface area contributed by atoms with Crippen molar-refractivity contribution in [3.63, 3.8) is 0 Å². The number of rotatable bonds is 5. The number of aliphatic carboxylic acids is 1. The van der Waals surface area contributed by atoms with Crippen molar-refractivity contribution in [3.05, 3.63) is 28.5 Å². The van der Waals surface area contributed by atoms with Crippen LogP contribution in [0.1, 0.15) is 17.0 Å². The number of aromatic amines is 1. The van der Waals surface area contributed by atoms with Crippen molar-refractivity contribution in [2.24, 2.45) is 0 Å². The topological polar surface area (TPSA) is 90.9 Å². The van der Waals surface area contributed by atoms with Crippen LogP contribution >= 0.6 is 11.3 Å². The maximum absolute atomic E-state index is 10.5. The number of aryl methyl sites for hydroxylation is 1. The first-order valence-corrected chi connectivity index (χ1v) is 5.92. The number of aromatic nitrogens is 3. The molecule has 2 aromatic heterocycles. The van der Waals surface area contributed by atoms with Crippen LogP contribution in [-0.2, 0) is 17.8 Å². The molecule has 0 aliphatic heterocycles. The molecule has 0 aromatic carbocycles. The van der Waals surface area contributed by atoms with E-state index in [-0.39, 0.29) is 6.42 Å². The van der Waals surface area contributed by atoms with Crippen LogP contribution in [0, 0.1) is 6.92 Å². The predicted octanol–water partition coefficient (Wildman–Crippen LogP) is 1.41. The van der Waals surface area contributed by atoms with Gasteiger partial charge in [0.1, 0.15) is 0 Å². The highest BCUT2D eigenvalue weighted by molar-refractivity contribution is 7.13. The van der Waals surface area contributed by atoms with E-state index in [4.69, 9.17) is 5.11 Å². The number of anilines is 1. The van der Waals surface area contributed by atoms with Crippen molar-refractivity contribution in [2.75, 3.05) is 5.32 Å². The lowest BCUT2D eigenvalue weighted by molar-refractivity contribution is -0.136. The highest BCUT2D eigenvalue weighted by atomic mass is 32.1. The van der Waals surface area contributed by atoms with Crippen molar-refractivity contribution >= 4 is 22.4 Å². The van der Waals surface area contributed by atoms with E-state index in [9.17, 15) is 4.79 Å². The van der Waals surface area contributed by atoms with E-state index < -0.39 is 5.97 Å². The lowest BCUT2D eigenvalue weighted by Crippen LogP contribution is -2.02.